The van der Waals surface area contributed by atoms with Crippen molar-refractivity contribution >= 4 is 7.26 Å². The van der Waals surface area contributed by atoms with Crippen LogP contribution in [0.3, 0.4) is 0 Å². The van der Waals surface area contributed by atoms with Gasteiger partial charge in [0.2, 0.25) is 0 Å². The van der Waals surface area contributed by atoms with Crippen LogP contribution in [0.15, 0.2) is 0 Å². The van der Waals surface area contributed by atoms with Gasteiger partial charge in [0.25, 0.3) is 0 Å². The Balaban J connectivity index is 3.42. The maximum atomic E-state index is 2.57. The van der Waals surface area contributed by atoms with Crippen LogP contribution in [0.1, 0.15) is 52.4 Å². The summed E-state index contributed by atoms with van der Waals surface area (Å²) in [5, 5.41) is 0. The Bertz CT molecular complexity index is 95.7. The zero-order valence-corrected chi connectivity index (χ0v) is 11.2. The first kappa shape index (κ1) is 13.4. The van der Waals surface area contributed by atoms with Gasteiger partial charge in [0.05, 0.1) is 0 Å². The molecular formula is C12H29P. The molecule has 0 aliphatic rings. The summed E-state index contributed by atoms with van der Waals surface area (Å²) in [5.74, 6) is 0. The third-order valence-corrected chi connectivity index (χ3v) is 6.33. The second-order valence-electron chi connectivity index (χ2n) is 5.08. The first-order chi connectivity index (χ1) is 6.12. The van der Waals surface area contributed by atoms with Gasteiger partial charge in [-0.3, -0.25) is 0 Å². The molecule has 0 atom stereocenters. The summed E-state index contributed by atoms with van der Waals surface area (Å²) in [7, 11) is -0.778. The minimum absolute atomic E-state index is 0.778. The van der Waals surface area contributed by atoms with Crippen molar-refractivity contribution in [2.75, 3.05) is 25.7 Å². The molecule has 0 spiro atoms. The van der Waals surface area contributed by atoms with E-state index in [-0.39, 0.29) is 0 Å². The topological polar surface area (TPSA) is 0 Å². The number of rotatable bonds is 8. The van der Waals surface area contributed by atoms with E-state index in [2.05, 4.69) is 27.2 Å². The van der Waals surface area contributed by atoms with Crippen LogP contribution in [-0.2, 0) is 0 Å². The van der Waals surface area contributed by atoms with Gasteiger partial charge in [-0.1, -0.05) is 0 Å². The van der Waals surface area contributed by atoms with Crippen LogP contribution in [-0.4, -0.2) is 25.7 Å². The Hall–Kier alpha value is 0.430. The Morgan fingerprint density at radius 3 is 1.38 bits per heavy atom. The standard InChI is InChI=1S/C12H29P/c1-5-7-9-11-13(3,4)12-10-8-6-2/h13H,5-12H2,1-4H3. The quantitative estimate of drug-likeness (QED) is 0.406. The molecule has 0 aliphatic carbocycles. The van der Waals surface area contributed by atoms with E-state index in [0.717, 1.165) is 0 Å². The molecule has 0 amide bonds. The molecule has 0 rings (SSSR count). The van der Waals surface area contributed by atoms with Crippen molar-refractivity contribution in [2.45, 2.75) is 52.4 Å². The van der Waals surface area contributed by atoms with Crippen molar-refractivity contribution in [1.29, 1.82) is 0 Å². The zero-order chi connectivity index (χ0) is 10.2. The molecular weight excluding hydrogens is 175 g/mol. The molecule has 0 aromatic heterocycles. The van der Waals surface area contributed by atoms with Crippen LogP contribution in [0.4, 0.5) is 0 Å². The average Bonchev–Trinajstić information content (AvgIpc) is 2.05. The molecule has 0 N–H and O–H groups in total. The van der Waals surface area contributed by atoms with Crippen LogP contribution in [0, 0.1) is 0 Å². The van der Waals surface area contributed by atoms with Crippen molar-refractivity contribution in [3.63, 3.8) is 0 Å². The van der Waals surface area contributed by atoms with E-state index in [1.54, 1.807) is 12.3 Å². The third-order valence-electron chi connectivity index (χ3n) is 2.91. The zero-order valence-electron chi connectivity index (χ0n) is 10.2. The van der Waals surface area contributed by atoms with E-state index in [1.165, 1.54) is 38.5 Å². The van der Waals surface area contributed by atoms with Crippen molar-refractivity contribution in [1.82, 2.24) is 0 Å². The van der Waals surface area contributed by atoms with Gasteiger partial charge in [-0.2, -0.15) is 0 Å². The number of unbranched alkanes of at least 4 members (excludes halogenated alkanes) is 4. The predicted octanol–water partition coefficient (Wildman–Crippen LogP) is 4.38. The Kier molecular flexibility index (Phi) is 8.06. The van der Waals surface area contributed by atoms with Gasteiger partial charge in [-0.05, 0) is 0 Å². The normalized spacial score (nSPS) is 13.2. The minimum atomic E-state index is -0.778. The SMILES string of the molecule is CCCCC[PH](C)(C)CCCCC. The fourth-order valence-corrected chi connectivity index (χ4v) is 4.50. The molecule has 0 unspecified atom stereocenters. The van der Waals surface area contributed by atoms with E-state index in [4.69, 9.17) is 0 Å². The summed E-state index contributed by atoms with van der Waals surface area (Å²) in [6, 6.07) is 0. The van der Waals surface area contributed by atoms with Crippen LogP contribution in [0.25, 0.3) is 0 Å². The van der Waals surface area contributed by atoms with E-state index in [9.17, 15) is 0 Å². The van der Waals surface area contributed by atoms with Gasteiger partial charge < -0.3 is 0 Å². The molecule has 0 fully saturated rings. The molecule has 0 heterocycles. The van der Waals surface area contributed by atoms with Gasteiger partial charge in [-0.25, -0.2) is 0 Å². The molecule has 0 radical (unpaired) electrons. The molecule has 82 valence electrons. The van der Waals surface area contributed by atoms with Crippen molar-refractivity contribution in [2.24, 2.45) is 0 Å². The fraction of sp³-hybridized carbons (Fsp3) is 1.00. The summed E-state index contributed by atoms with van der Waals surface area (Å²) < 4.78 is 0. The van der Waals surface area contributed by atoms with E-state index >= 15 is 0 Å². The van der Waals surface area contributed by atoms with E-state index < -0.39 is 7.26 Å². The predicted molar refractivity (Wildman–Crippen MR) is 68.9 cm³/mol. The van der Waals surface area contributed by atoms with Gasteiger partial charge in [0, 0.05) is 0 Å². The van der Waals surface area contributed by atoms with Gasteiger partial charge in [0.15, 0.2) is 0 Å². The van der Waals surface area contributed by atoms with Gasteiger partial charge >= 0.3 is 85.3 Å². The molecule has 0 saturated heterocycles. The summed E-state index contributed by atoms with van der Waals surface area (Å²) in [6.45, 7) is 9.73. The number of hydrogen-bond donors (Lipinski definition) is 0. The maximum absolute atomic E-state index is 2.57. The second kappa shape index (κ2) is 7.80. The molecule has 0 bridgehead atoms. The summed E-state index contributed by atoms with van der Waals surface area (Å²) in [6.07, 6.45) is 11.7. The Morgan fingerprint density at radius 1 is 0.692 bits per heavy atom. The number of hydrogen-bond acceptors (Lipinski definition) is 0. The van der Waals surface area contributed by atoms with E-state index in [1.807, 2.05) is 0 Å². The molecule has 0 aliphatic heterocycles. The second-order valence-corrected chi connectivity index (χ2v) is 10.4. The average molecular weight is 204 g/mol. The van der Waals surface area contributed by atoms with Crippen molar-refractivity contribution in [3.05, 3.63) is 0 Å². The van der Waals surface area contributed by atoms with Crippen LogP contribution >= 0.6 is 7.26 Å². The van der Waals surface area contributed by atoms with Crippen molar-refractivity contribution in [3.8, 4) is 0 Å². The Morgan fingerprint density at radius 2 is 1.08 bits per heavy atom. The summed E-state index contributed by atoms with van der Waals surface area (Å²) >= 11 is 0. The van der Waals surface area contributed by atoms with E-state index in [0.29, 0.717) is 0 Å². The molecule has 0 saturated carbocycles. The molecule has 13 heavy (non-hydrogen) atoms. The summed E-state index contributed by atoms with van der Waals surface area (Å²) in [5.41, 5.74) is 0. The van der Waals surface area contributed by atoms with Crippen LogP contribution in [0.2, 0.25) is 0 Å². The first-order valence-corrected chi connectivity index (χ1v) is 9.54. The molecule has 0 aromatic rings. The third kappa shape index (κ3) is 8.75. The van der Waals surface area contributed by atoms with Crippen molar-refractivity contribution < 1.29 is 0 Å². The molecule has 0 aromatic carbocycles. The molecule has 0 nitrogen and oxygen atoms in total. The fourth-order valence-electron chi connectivity index (χ4n) is 1.83. The van der Waals surface area contributed by atoms with Gasteiger partial charge in [0.1, 0.15) is 0 Å². The van der Waals surface area contributed by atoms with Crippen LogP contribution in [0.5, 0.6) is 0 Å². The Labute approximate surface area is 85.8 Å². The molecule has 1 heteroatoms. The summed E-state index contributed by atoms with van der Waals surface area (Å²) in [4.78, 5) is 0. The van der Waals surface area contributed by atoms with Crippen LogP contribution < -0.4 is 0 Å². The first-order valence-electron chi connectivity index (χ1n) is 6.12. The monoisotopic (exact) mass is 204 g/mol. The van der Waals surface area contributed by atoms with Gasteiger partial charge in [-0.15, -0.1) is 0 Å².